The number of allylic oxidation sites excluding steroid dienone is 1. The number of esters is 2. The fourth-order valence-electron chi connectivity index (χ4n) is 2.57. The van der Waals surface area contributed by atoms with Crippen LogP contribution < -0.4 is 0 Å². The summed E-state index contributed by atoms with van der Waals surface area (Å²) in [7, 11) is 2.67. The minimum Gasteiger partial charge on any atom is -0.482 e. The lowest BCUT2D eigenvalue weighted by Gasteiger charge is -2.27. The quantitative estimate of drug-likeness (QED) is 0.678. The molecule has 2 unspecified atom stereocenters. The molecule has 0 amide bonds. The van der Waals surface area contributed by atoms with Gasteiger partial charge in [0.05, 0.1) is 14.2 Å². The van der Waals surface area contributed by atoms with E-state index in [1.165, 1.54) is 14.2 Å². The molecule has 0 saturated carbocycles. The molecule has 2 aliphatic rings. The van der Waals surface area contributed by atoms with Gasteiger partial charge in [0, 0.05) is 6.42 Å². The second kappa shape index (κ2) is 4.39. The van der Waals surface area contributed by atoms with Crippen LogP contribution in [0.25, 0.3) is 0 Å². The van der Waals surface area contributed by atoms with Crippen molar-refractivity contribution >= 4 is 11.9 Å². The molecular weight excluding hydrogens is 224 g/mol. The zero-order valence-electron chi connectivity index (χ0n) is 10.0. The minimum atomic E-state index is -0.772. The summed E-state index contributed by atoms with van der Waals surface area (Å²) in [4.78, 5) is 23.4. The van der Waals surface area contributed by atoms with Gasteiger partial charge in [-0.15, -0.1) is 0 Å². The molecule has 5 nitrogen and oxygen atoms in total. The van der Waals surface area contributed by atoms with Crippen LogP contribution in [0.2, 0.25) is 0 Å². The number of ether oxygens (including phenoxy) is 3. The molecule has 17 heavy (non-hydrogen) atoms. The summed E-state index contributed by atoms with van der Waals surface area (Å²) in [6, 6.07) is 0. The second-order valence-corrected chi connectivity index (χ2v) is 4.37. The van der Waals surface area contributed by atoms with Crippen LogP contribution in [0.4, 0.5) is 0 Å². The van der Waals surface area contributed by atoms with E-state index < -0.39 is 17.5 Å². The predicted molar refractivity (Wildman–Crippen MR) is 57.9 cm³/mol. The predicted octanol–water partition coefficient (Wildman–Crippen LogP) is 1.18. The molecule has 0 aromatic carbocycles. The number of hydrogen-bond donors (Lipinski definition) is 0. The number of rotatable bonds is 2. The monoisotopic (exact) mass is 240 g/mol. The third-order valence-electron chi connectivity index (χ3n) is 3.45. The number of fused-ring (bicyclic) bond motifs is 1. The van der Waals surface area contributed by atoms with E-state index in [9.17, 15) is 9.59 Å². The summed E-state index contributed by atoms with van der Waals surface area (Å²) in [5, 5.41) is 0. The molecule has 0 aromatic heterocycles. The van der Waals surface area contributed by atoms with Crippen molar-refractivity contribution in [1.82, 2.24) is 0 Å². The molecule has 1 heterocycles. The van der Waals surface area contributed by atoms with Crippen LogP contribution in [0.5, 0.6) is 0 Å². The highest BCUT2D eigenvalue weighted by molar-refractivity contribution is 5.84. The average Bonchev–Trinajstić information content (AvgIpc) is 2.77. The maximum absolute atomic E-state index is 11.9. The molecule has 0 aromatic rings. The lowest BCUT2D eigenvalue weighted by Crippen LogP contribution is -2.34. The first kappa shape index (κ1) is 12.0. The van der Waals surface area contributed by atoms with Crippen LogP contribution in [-0.4, -0.2) is 32.3 Å². The molecule has 1 fully saturated rings. The molecule has 0 spiro atoms. The Morgan fingerprint density at radius 1 is 1.41 bits per heavy atom. The SMILES string of the molecule is COC(=O)C1CC2(C(=O)OC)CCCC=C2O1. The Morgan fingerprint density at radius 3 is 2.82 bits per heavy atom. The molecule has 0 bridgehead atoms. The van der Waals surface area contributed by atoms with Gasteiger partial charge >= 0.3 is 11.9 Å². The van der Waals surface area contributed by atoms with E-state index in [0.29, 0.717) is 18.6 Å². The fraction of sp³-hybridized carbons (Fsp3) is 0.667. The van der Waals surface area contributed by atoms with E-state index in [0.717, 1.165) is 12.8 Å². The second-order valence-electron chi connectivity index (χ2n) is 4.37. The zero-order chi connectivity index (χ0) is 12.5. The van der Waals surface area contributed by atoms with E-state index in [1.54, 1.807) is 0 Å². The van der Waals surface area contributed by atoms with Gasteiger partial charge in [-0.25, -0.2) is 4.79 Å². The smallest absolute Gasteiger partial charge is 0.347 e. The molecule has 5 heteroatoms. The Bertz CT molecular complexity index is 373. The van der Waals surface area contributed by atoms with Crippen LogP contribution in [0.3, 0.4) is 0 Å². The number of hydrogen-bond acceptors (Lipinski definition) is 5. The van der Waals surface area contributed by atoms with Gasteiger partial charge in [-0.05, 0) is 25.3 Å². The van der Waals surface area contributed by atoms with Gasteiger partial charge in [-0.1, -0.05) is 0 Å². The van der Waals surface area contributed by atoms with E-state index in [-0.39, 0.29) is 5.97 Å². The van der Waals surface area contributed by atoms with Crippen molar-refractivity contribution in [2.45, 2.75) is 31.8 Å². The lowest BCUT2D eigenvalue weighted by atomic mass is 9.75. The van der Waals surface area contributed by atoms with Crippen LogP contribution in [-0.2, 0) is 23.8 Å². The molecule has 1 aliphatic heterocycles. The maximum Gasteiger partial charge on any atom is 0.347 e. The summed E-state index contributed by atoms with van der Waals surface area (Å²) in [5.74, 6) is -0.190. The number of carbonyl (C=O) groups is 2. The summed E-state index contributed by atoms with van der Waals surface area (Å²) in [6.45, 7) is 0. The van der Waals surface area contributed by atoms with Crippen LogP contribution in [0.1, 0.15) is 25.7 Å². The van der Waals surface area contributed by atoms with Gasteiger partial charge in [0.25, 0.3) is 0 Å². The van der Waals surface area contributed by atoms with Crippen molar-refractivity contribution in [3.05, 3.63) is 11.8 Å². The summed E-state index contributed by atoms with van der Waals surface area (Å²) in [6.07, 6.45) is 3.93. The van der Waals surface area contributed by atoms with Gasteiger partial charge in [-0.3, -0.25) is 4.79 Å². The molecule has 1 saturated heterocycles. The fourth-order valence-corrected chi connectivity index (χ4v) is 2.57. The molecule has 0 radical (unpaired) electrons. The first-order chi connectivity index (χ1) is 8.14. The third-order valence-corrected chi connectivity index (χ3v) is 3.45. The first-order valence-electron chi connectivity index (χ1n) is 5.67. The third kappa shape index (κ3) is 1.79. The van der Waals surface area contributed by atoms with Crippen molar-refractivity contribution in [3.63, 3.8) is 0 Å². The van der Waals surface area contributed by atoms with Gasteiger partial charge in [-0.2, -0.15) is 0 Å². The largest absolute Gasteiger partial charge is 0.482 e. The summed E-state index contributed by atoms with van der Waals surface area (Å²) in [5.41, 5.74) is -0.772. The lowest BCUT2D eigenvalue weighted by molar-refractivity contribution is -0.151. The van der Waals surface area contributed by atoms with E-state index in [2.05, 4.69) is 4.74 Å². The van der Waals surface area contributed by atoms with Gasteiger partial charge in [0.2, 0.25) is 0 Å². The molecule has 1 aliphatic carbocycles. The van der Waals surface area contributed by atoms with Crippen LogP contribution in [0.15, 0.2) is 11.8 Å². The van der Waals surface area contributed by atoms with Gasteiger partial charge in [0.15, 0.2) is 6.10 Å². The average molecular weight is 240 g/mol. The van der Waals surface area contributed by atoms with Crippen molar-refractivity contribution in [1.29, 1.82) is 0 Å². The Morgan fingerprint density at radius 2 is 2.18 bits per heavy atom. The summed E-state index contributed by atoms with van der Waals surface area (Å²) < 4.78 is 15.0. The standard InChI is InChI=1S/C12H16O5/c1-15-10(13)8-7-12(11(14)16-2)6-4-3-5-9(12)17-8/h5,8H,3-4,6-7H2,1-2H3. The van der Waals surface area contributed by atoms with Crippen LogP contribution >= 0.6 is 0 Å². The minimum absolute atomic E-state index is 0.318. The first-order valence-corrected chi connectivity index (χ1v) is 5.67. The Kier molecular flexibility index (Phi) is 3.09. The highest BCUT2D eigenvalue weighted by Gasteiger charge is 2.54. The molecule has 2 atom stereocenters. The van der Waals surface area contributed by atoms with E-state index in [4.69, 9.17) is 9.47 Å². The topological polar surface area (TPSA) is 61.8 Å². The van der Waals surface area contributed by atoms with Crippen molar-refractivity contribution in [2.24, 2.45) is 5.41 Å². The molecule has 2 rings (SSSR count). The highest BCUT2D eigenvalue weighted by Crippen LogP contribution is 2.49. The molecular formula is C12H16O5. The normalized spacial score (nSPS) is 30.9. The van der Waals surface area contributed by atoms with Gasteiger partial charge < -0.3 is 14.2 Å². The van der Waals surface area contributed by atoms with Crippen molar-refractivity contribution in [2.75, 3.05) is 14.2 Å². The maximum atomic E-state index is 11.9. The van der Waals surface area contributed by atoms with Gasteiger partial charge in [0.1, 0.15) is 11.2 Å². The van der Waals surface area contributed by atoms with Crippen molar-refractivity contribution in [3.8, 4) is 0 Å². The van der Waals surface area contributed by atoms with Crippen LogP contribution in [0, 0.1) is 5.41 Å². The Hall–Kier alpha value is -1.52. The Labute approximate surface area is 99.7 Å². The van der Waals surface area contributed by atoms with Crippen molar-refractivity contribution < 1.29 is 23.8 Å². The highest BCUT2D eigenvalue weighted by atomic mass is 16.6. The molecule has 0 N–H and O–H groups in total. The van der Waals surface area contributed by atoms with E-state index in [1.807, 2.05) is 6.08 Å². The molecule has 94 valence electrons. The number of methoxy groups -OCH3 is 2. The zero-order valence-corrected chi connectivity index (χ0v) is 10.0. The Balaban J connectivity index is 2.29. The summed E-state index contributed by atoms with van der Waals surface area (Å²) >= 11 is 0. The number of carbonyl (C=O) groups excluding carboxylic acids is 2. The van der Waals surface area contributed by atoms with E-state index >= 15 is 0 Å².